The first-order valence-corrected chi connectivity index (χ1v) is 7.51. The van der Waals surface area contributed by atoms with Gasteiger partial charge in [0.1, 0.15) is 5.82 Å². The minimum absolute atomic E-state index is 0.106. The van der Waals surface area contributed by atoms with Crippen molar-refractivity contribution >= 4 is 16.7 Å². The molecule has 0 radical (unpaired) electrons. The molecule has 0 saturated carbocycles. The van der Waals surface area contributed by atoms with Crippen molar-refractivity contribution in [2.45, 2.75) is 20.3 Å². The number of hydrogen-bond acceptors (Lipinski definition) is 4. The number of aromatic nitrogens is 5. The van der Waals surface area contributed by atoms with Crippen LogP contribution in [0.2, 0.25) is 0 Å². The van der Waals surface area contributed by atoms with E-state index in [-0.39, 0.29) is 5.56 Å². The van der Waals surface area contributed by atoms with Crippen molar-refractivity contribution in [1.82, 2.24) is 24.1 Å². The fourth-order valence-electron chi connectivity index (χ4n) is 2.85. The summed E-state index contributed by atoms with van der Waals surface area (Å²) in [7, 11) is 0. The molecule has 23 heavy (non-hydrogen) atoms. The van der Waals surface area contributed by atoms with Gasteiger partial charge in [-0.25, -0.2) is 4.98 Å². The number of fused-ring (bicyclic) bond motifs is 3. The normalized spacial score (nSPS) is 11.4. The monoisotopic (exact) mass is 305 g/mol. The van der Waals surface area contributed by atoms with Gasteiger partial charge >= 0.3 is 0 Å². The molecule has 4 rings (SSSR count). The third-order valence-corrected chi connectivity index (χ3v) is 3.97. The van der Waals surface area contributed by atoms with Gasteiger partial charge in [-0.15, -0.1) is 5.10 Å². The van der Waals surface area contributed by atoms with Crippen molar-refractivity contribution in [3.8, 4) is 5.69 Å². The first kappa shape index (κ1) is 13.6. The van der Waals surface area contributed by atoms with Crippen LogP contribution in [0.5, 0.6) is 0 Å². The third kappa shape index (κ3) is 2.03. The summed E-state index contributed by atoms with van der Waals surface area (Å²) < 4.78 is 3.28. The third-order valence-electron chi connectivity index (χ3n) is 3.97. The van der Waals surface area contributed by atoms with Crippen LogP contribution in [0.15, 0.2) is 47.5 Å². The average molecular weight is 305 g/mol. The Labute approximate surface area is 132 Å². The number of pyridine rings is 1. The van der Waals surface area contributed by atoms with E-state index in [1.54, 1.807) is 28.4 Å². The topological polar surface area (TPSA) is 65.1 Å². The van der Waals surface area contributed by atoms with Crippen LogP contribution in [0.1, 0.15) is 18.3 Å². The van der Waals surface area contributed by atoms with Gasteiger partial charge in [-0.2, -0.15) is 9.50 Å². The number of hydrogen-bond donors (Lipinski definition) is 0. The summed E-state index contributed by atoms with van der Waals surface area (Å²) in [5.41, 5.74) is 2.63. The van der Waals surface area contributed by atoms with Gasteiger partial charge in [0.25, 0.3) is 11.3 Å². The molecule has 0 N–H and O–H groups in total. The van der Waals surface area contributed by atoms with Gasteiger partial charge in [0, 0.05) is 12.4 Å². The molecular formula is C17H15N5O. The van der Waals surface area contributed by atoms with Crippen molar-refractivity contribution in [2.75, 3.05) is 0 Å². The number of rotatable bonds is 2. The molecule has 0 spiro atoms. The zero-order valence-corrected chi connectivity index (χ0v) is 12.9. The van der Waals surface area contributed by atoms with Crippen molar-refractivity contribution in [3.05, 3.63) is 64.5 Å². The molecule has 6 heteroatoms. The van der Waals surface area contributed by atoms with E-state index in [1.165, 1.54) is 0 Å². The number of aryl methyl sites for hydroxylation is 2. The van der Waals surface area contributed by atoms with Crippen LogP contribution >= 0.6 is 0 Å². The lowest BCUT2D eigenvalue weighted by molar-refractivity contribution is 0.932. The van der Waals surface area contributed by atoms with Crippen molar-refractivity contribution in [2.24, 2.45) is 0 Å². The molecule has 0 fully saturated rings. The largest absolute Gasteiger partial charge is 0.283 e. The molecule has 3 heterocycles. The molecule has 0 aliphatic heterocycles. The Hall–Kier alpha value is -3.02. The molecule has 0 bridgehead atoms. The van der Waals surface area contributed by atoms with Gasteiger partial charge in [0.15, 0.2) is 0 Å². The minimum Gasteiger partial charge on any atom is -0.283 e. The molecule has 114 valence electrons. The number of para-hydroxylation sites is 1. The minimum atomic E-state index is -0.106. The second-order valence-electron chi connectivity index (χ2n) is 5.40. The summed E-state index contributed by atoms with van der Waals surface area (Å²) in [4.78, 5) is 21.4. The molecule has 6 nitrogen and oxygen atoms in total. The second kappa shape index (κ2) is 5.01. The Bertz CT molecular complexity index is 1090. The van der Waals surface area contributed by atoms with Gasteiger partial charge in [-0.05, 0) is 31.0 Å². The van der Waals surface area contributed by atoms with Crippen molar-refractivity contribution in [3.63, 3.8) is 0 Å². The lowest BCUT2D eigenvalue weighted by atomic mass is 10.1. The predicted octanol–water partition coefficient (Wildman–Crippen LogP) is 2.30. The lowest BCUT2D eigenvalue weighted by Crippen LogP contribution is -2.20. The van der Waals surface area contributed by atoms with Crippen LogP contribution in [0.3, 0.4) is 0 Å². The van der Waals surface area contributed by atoms with Gasteiger partial charge < -0.3 is 0 Å². The molecule has 3 aromatic heterocycles. The van der Waals surface area contributed by atoms with Gasteiger partial charge in [-0.3, -0.25) is 9.36 Å². The highest BCUT2D eigenvalue weighted by molar-refractivity contribution is 5.79. The highest BCUT2D eigenvalue weighted by atomic mass is 16.1. The Balaban J connectivity index is 2.05. The van der Waals surface area contributed by atoms with E-state index >= 15 is 0 Å². The second-order valence-corrected chi connectivity index (χ2v) is 5.40. The summed E-state index contributed by atoms with van der Waals surface area (Å²) in [6.45, 7) is 3.88. The Kier molecular flexibility index (Phi) is 2.97. The Morgan fingerprint density at radius 2 is 2.00 bits per heavy atom. The molecule has 1 aromatic carbocycles. The van der Waals surface area contributed by atoms with E-state index in [9.17, 15) is 4.79 Å². The predicted molar refractivity (Wildman–Crippen MR) is 88.0 cm³/mol. The molecule has 4 aromatic rings. The number of nitrogens with zero attached hydrogens (tertiary/aromatic N) is 5. The van der Waals surface area contributed by atoms with E-state index in [2.05, 4.69) is 22.0 Å². The van der Waals surface area contributed by atoms with E-state index in [0.717, 1.165) is 17.7 Å². The summed E-state index contributed by atoms with van der Waals surface area (Å²) >= 11 is 0. The molecule has 0 atom stereocenters. The van der Waals surface area contributed by atoms with Crippen LogP contribution in [-0.2, 0) is 6.42 Å². The maximum absolute atomic E-state index is 12.9. The standard InChI is InChI=1S/C17H15N5O/c1-3-12-6-4-5-7-14(12)21-9-8-15-13(16(21)23)10-18-17-19-11(2)20-22(15)17/h4-10H,3H2,1-2H3. The molecule has 0 saturated heterocycles. The summed E-state index contributed by atoms with van der Waals surface area (Å²) in [6, 6.07) is 9.79. The smallest absolute Gasteiger partial charge is 0.266 e. The highest BCUT2D eigenvalue weighted by Crippen LogP contribution is 2.16. The van der Waals surface area contributed by atoms with Crippen molar-refractivity contribution in [1.29, 1.82) is 0 Å². The maximum atomic E-state index is 12.9. The van der Waals surface area contributed by atoms with Crippen molar-refractivity contribution < 1.29 is 0 Å². The van der Waals surface area contributed by atoms with E-state index in [4.69, 9.17) is 0 Å². The Morgan fingerprint density at radius 1 is 1.17 bits per heavy atom. The highest BCUT2D eigenvalue weighted by Gasteiger charge is 2.11. The van der Waals surface area contributed by atoms with Gasteiger partial charge in [-0.1, -0.05) is 25.1 Å². The SMILES string of the molecule is CCc1ccccc1-n1ccc2c(cnc3nc(C)nn32)c1=O. The lowest BCUT2D eigenvalue weighted by Gasteiger charge is -2.11. The van der Waals surface area contributed by atoms with Crippen LogP contribution in [0.4, 0.5) is 0 Å². The number of benzene rings is 1. The van der Waals surface area contributed by atoms with Crippen LogP contribution in [-0.4, -0.2) is 24.1 Å². The van der Waals surface area contributed by atoms with Gasteiger partial charge in [0.05, 0.1) is 16.6 Å². The fourth-order valence-corrected chi connectivity index (χ4v) is 2.85. The molecule has 0 aliphatic rings. The average Bonchev–Trinajstić information content (AvgIpc) is 2.96. The molecule has 0 aliphatic carbocycles. The van der Waals surface area contributed by atoms with Crippen LogP contribution < -0.4 is 5.56 Å². The van der Waals surface area contributed by atoms with Crippen LogP contribution in [0.25, 0.3) is 22.4 Å². The first-order valence-electron chi connectivity index (χ1n) is 7.51. The zero-order chi connectivity index (χ0) is 16.0. The van der Waals surface area contributed by atoms with E-state index in [0.29, 0.717) is 22.5 Å². The van der Waals surface area contributed by atoms with Crippen LogP contribution in [0, 0.1) is 6.92 Å². The summed E-state index contributed by atoms with van der Waals surface area (Å²) in [5.74, 6) is 1.13. The van der Waals surface area contributed by atoms with E-state index < -0.39 is 0 Å². The van der Waals surface area contributed by atoms with E-state index in [1.807, 2.05) is 30.3 Å². The maximum Gasteiger partial charge on any atom is 0.266 e. The van der Waals surface area contributed by atoms with Gasteiger partial charge in [0.2, 0.25) is 0 Å². The molecule has 0 unspecified atom stereocenters. The Morgan fingerprint density at radius 3 is 2.83 bits per heavy atom. The quantitative estimate of drug-likeness (QED) is 0.570. The summed E-state index contributed by atoms with van der Waals surface area (Å²) in [5, 5.41) is 4.84. The fraction of sp³-hybridized carbons (Fsp3) is 0.176. The molecule has 0 amide bonds. The summed E-state index contributed by atoms with van der Waals surface area (Å²) in [6.07, 6.45) is 4.22. The first-order chi connectivity index (χ1) is 11.2. The molecular weight excluding hydrogens is 290 g/mol. The zero-order valence-electron chi connectivity index (χ0n) is 12.9.